The minimum Gasteiger partial charge on any atom is -0.322 e. The number of benzene rings is 3. The minimum absolute atomic E-state index is 0.0862. The lowest BCUT2D eigenvalue weighted by Crippen LogP contribution is -2.14. The number of halogens is 1. The van der Waals surface area contributed by atoms with Gasteiger partial charge in [-0.15, -0.1) is 0 Å². The molecule has 0 saturated heterocycles. The highest BCUT2D eigenvalue weighted by Crippen LogP contribution is 2.22. The number of rotatable bonds is 5. The standard InChI is InChI=1S/C24H18ClN3O2/c1-16-9-11-18(12-10-16)23(29)27-20-6-4-5-17(14-20)13-19(15-26)24(30)28-22-8-3-2-7-21(22)25/h2-14H,1H3,(H,27,29)(H,28,30)/b19-13+. The molecule has 0 radical (unpaired) electrons. The number of nitrogens with zero attached hydrogens (tertiary/aromatic N) is 1. The maximum absolute atomic E-state index is 12.4. The van der Waals surface area contributed by atoms with Crippen molar-refractivity contribution in [1.82, 2.24) is 0 Å². The number of amides is 2. The lowest BCUT2D eigenvalue weighted by atomic mass is 10.1. The summed E-state index contributed by atoms with van der Waals surface area (Å²) in [6.07, 6.45) is 1.45. The molecule has 0 aliphatic rings. The lowest BCUT2D eigenvalue weighted by molar-refractivity contribution is -0.112. The third-order valence-corrected chi connectivity index (χ3v) is 4.59. The summed E-state index contributed by atoms with van der Waals surface area (Å²) in [5.74, 6) is -0.812. The molecule has 6 heteroatoms. The van der Waals surface area contributed by atoms with Crippen LogP contribution in [-0.4, -0.2) is 11.8 Å². The summed E-state index contributed by atoms with van der Waals surface area (Å²) in [7, 11) is 0. The largest absolute Gasteiger partial charge is 0.322 e. The van der Waals surface area contributed by atoms with Crippen molar-refractivity contribution < 1.29 is 9.59 Å². The Morgan fingerprint density at radius 2 is 1.70 bits per heavy atom. The van der Waals surface area contributed by atoms with Gasteiger partial charge >= 0.3 is 0 Å². The number of hydrogen-bond acceptors (Lipinski definition) is 3. The van der Waals surface area contributed by atoms with Crippen LogP contribution in [0, 0.1) is 18.3 Å². The molecule has 2 amide bonds. The van der Waals surface area contributed by atoms with E-state index in [9.17, 15) is 14.9 Å². The van der Waals surface area contributed by atoms with E-state index in [0.29, 0.717) is 27.5 Å². The SMILES string of the molecule is Cc1ccc(C(=O)Nc2cccc(/C=C(\C#N)C(=O)Nc3ccccc3Cl)c2)cc1. The molecule has 0 bridgehead atoms. The van der Waals surface area contributed by atoms with E-state index in [1.54, 1.807) is 60.7 Å². The van der Waals surface area contributed by atoms with Crippen molar-refractivity contribution >= 4 is 40.9 Å². The Kier molecular flexibility index (Phi) is 6.63. The van der Waals surface area contributed by atoms with Crippen molar-refractivity contribution in [2.75, 3.05) is 10.6 Å². The number of nitrogens with one attached hydrogen (secondary N) is 2. The molecule has 0 aromatic heterocycles. The van der Waals surface area contributed by atoms with E-state index in [0.717, 1.165) is 5.56 Å². The van der Waals surface area contributed by atoms with Crippen molar-refractivity contribution in [3.63, 3.8) is 0 Å². The average molecular weight is 416 g/mol. The van der Waals surface area contributed by atoms with Gasteiger partial charge < -0.3 is 10.6 Å². The van der Waals surface area contributed by atoms with Gasteiger partial charge in [-0.2, -0.15) is 5.26 Å². The Hall–Kier alpha value is -3.88. The van der Waals surface area contributed by atoms with Crippen molar-refractivity contribution in [1.29, 1.82) is 5.26 Å². The van der Waals surface area contributed by atoms with Crippen LogP contribution in [0.2, 0.25) is 5.02 Å². The van der Waals surface area contributed by atoms with Crippen LogP contribution in [0.15, 0.2) is 78.4 Å². The number of para-hydroxylation sites is 1. The monoisotopic (exact) mass is 415 g/mol. The van der Waals surface area contributed by atoms with Gasteiger partial charge in [0.2, 0.25) is 0 Å². The first kappa shape index (κ1) is 20.8. The molecule has 0 aliphatic heterocycles. The van der Waals surface area contributed by atoms with Crippen molar-refractivity contribution in [3.05, 3.63) is 100 Å². The van der Waals surface area contributed by atoms with E-state index in [1.807, 2.05) is 25.1 Å². The van der Waals surface area contributed by atoms with E-state index < -0.39 is 5.91 Å². The molecular formula is C24H18ClN3O2. The van der Waals surface area contributed by atoms with Crippen molar-refractivity contribution in [2.45, 2.75) is 6.92 Å². The molecule has 3 rings (SSSR count). The van der Waals surface area contributed by atoms with E-state index >= 15 is 0 Å². The molecule has 30 heavy (non-hydrogen) atoms. The van der Waals surface area contributed by atoms with Gasteiger partial charge in [0.15, 0.2) is 0 Å². The number of nitriles is 1. The number of hydrogen-bond donors (Lipinski definition) is 2. The molecule has 0 fully saturated rings. The van der Waals surface area contributed by atoms with Crippen molar-refractivity contribution in [2.24, 2.45) is 0 Å². The highest BCUT2D eigenvalue weighted by atomic mass is 35.5. The van der Waals surface area contributed by atoms with Gasteiger partial charge in [-0.05, 0) is 55.0 Å². The first-order valence-corrected chi connectivity index (χ1v) is 9.50. The van der Waals surface area contributed by atoms with Gasteiger partial charge in [-0.3, -0.25) is 9.59 Å². The topological polar surface area (TPSA) is 82.0 Å². The number of aryl methyl sites for hydroxylation is 1. The molecule has 0 spiro atoms. The smallest absolute Gasteiger partial charge is 0.266 e. The van der Waals surface area contributed by atoms with Gasteiger partial charge in [-0.25, -0.2) is 0 Å². The van der Waals surface area contributed by atoms with Crippen molar-refractivity contribution in [3.8, 4) is 6.07 Å². The van der Waals surface area contributed by atoms with Gasteiger partial charge in [0.25, 0.3) is 11.8 Å². The molecule has 0 atom stereocenters. The summed E-state index contributed by atoms with van der Waals surface area (Å²) < 4.78 is 0. The van der Waals surface area contributed by atoms with Crippen LogP contribution in [0.25, 0.3) is 6.08 Å². The second-order valence-electron chi connectivity index (χ2n) is 6.55. The van der Waals surface area contributed by atoms with Crippen LogP contribution in [0.1, 0.15) is 21.5 Å². The van der Waals surface area contributed by atoms with Crippen LogP contribution < -0.4 is 10.6 Å². The zero-order valence-corrected chi connectivity index (χ0v) is 16.9. The van der Waals surface area contributed by atoms with Crippen LogP contribution in [0.3, 0.4) is 0 Å². The molecule has 3 aromatic rings. The Balaban J connectivity index is 1.76. The fourth-order valence-electron chi connectivity index (χ4n) is 2.68. The summed E-state index contributed by atoms with van der Waals surface area (Å²) in [4.78, 5) is 24.8. The Morgan fingerprint density at radius 3 is 2.40 bits per heavy atom. The summed E-state index contributed by atoms with van der Waals surface area (Å²) in [6, 6.07) is 22.8. The summed E-state index contributed by atoms with van der Waals surface area (Å²) >= 11 is 6.05. The van der Waals surface area contributed by atoms with E-state index in [1.165, 1.54) is 6.08 Å². The molecular weight excluding hydrogens is 398 g/mol. The predicted molar refractivity (Wildman–Crippen MR) is 119 cm³/mol. The van der Waals surface area contributed by atoms with Gasteiger partial charge in [0, 0.05) is 11.3 Å². The fourth-order valence-corrected chi connectivity index (χ4v) is 2.86. The molecule has 148 valence electrons. The van der Waals surface area contributed by atoms with E-state index in [2.05, 4.69) is 10.6 Å². The first-order chi connectivity index (χ1) is 14.5. The van der Waals surface area contributed by atoms with Gasteiger partial charge in [-0.1, -0.05) is 53.6 Å². The van der Waals surface area contributed by atoms with Gasteiger partial charge in [0.05, 0.1) is 10.7 Å². The third kappa shape index (κ3) is 5.34. The lowest BCUT2D eigenvalue weighted by Gasteiger charge is -2.08. The Labute approximate surface area is 179 Å². The Morgan fingerprint density at radius 1 is 0.967 bits per heavy atom. The maximum Gasteiger partial charge on any atom is 0.266 e. The summed E-state index contributed by atoms with van der Waals surface area (Å²) in [5, 5.41) is 15.2. The molecule has 5 nitrogen and oxygen atoms in total. The number of carbonyl (C=O) groups is 2. The van der Waals surface area contributed by atoms with Gasteiger partial charge in [0.1, 0.15) is 11.6 Å². The van der Waals surface area contributed by atoms with Crippen LogP contribution in [0.4, 0.5) is 11.4 Å². The third-order valence-electron chi connectivity index (χ3n) is 4.26. The zero-order chi connectivity index (χ0) is 21.5. The number of carbonyl (C=O) groups excluding carboxylic acids is 2. The molecule has 0 heterocycles. The van der Waals surface area contributed by atoms with Crippen LogP contribution in [0.5, 0.6) is 0 Å². The second-order valence-corrected chi connectivity index (χ2v) is 6.96. The molecule has 0 unspecified atom stereocenters. The second kappa shape index (κ2) is 9.55. The molecule has 2 N–H and O–H groups in total. The van der Waals surface area contributed by atoms with E-state index in [-0.39, 0.29) is 11.5 Å². The average Bonchev–Trinajstić information content (AvgIpc) is 2.74. The van der Waals surface area contributed by atoms with Crippen LogP contribution in [-0.2, 0) is 4.79 Å². The van der Waals surface area contributed by atoms with E-state index in [4.69, 9.17) is 11.6 Å². The quantitative estimate of drug-likeness (QED) is 0.429. The molecule has 0 saturated carbocycles. The molecule has 3 aromatic carbocycles. The minimum atomic E-state index is -0.570. The number of anilines is 2. The Bertz CT molecular complexity index is 1160. The predicted octanol–water partition coefficient (Wildman–Crippen LogP) is 5.45. The zero-order valence-electron chi connectivity index (χ0n) is 16.1. The van der Waals surface area contributed by atoms with Crippen LogP contribution >= 0.6 is 11.6 Å². The summed E-state index contributed by atoms with van der Waals surface area (Å²) in [5.41, 5.74) is 3.10. The first-order valence-electron chi connectivity index (χ1n) is 9.12. The molecule has 0 aliphatic carbocycles. The fraction of sp³-hybridized carbons (Fsp3) is 0.0417. The normalized spacial score (nSPS) is 10.8. The highest BCUT2D eigenvalue weighted by Gasteiger charge is 2.12. The summed E-state index contributed by atoms with van der Waals surface area (Å²) in [6.45, 7) is 1.95. The highest BCUT2D eigenvalue weighted by molar-refractivity contribution is 6.34. The maximum atomic E-state index is 12.4.